The Morgan fingerprint density at radius 1 is 1.22 bits per heavy atom. The first-order valence-electron chi connectivity index (χ1n) is 6.57. The summed E-state index contributed by atoms with van der Waals surface area (Å²) in [6, 6.07) is 7.70. The van der Waals surface area contributed by atoms with Gasteiger partial charge >= 0.3 is 0 Å². The second-order valence-corrected chi connectivity index (χ2v) is 5.75. The van der Waals surface area contributed by atoms with Crippen LogP contribution in [-0.4, -0.2) is 23.4 Å². The molecule has 1 aliphatic heterocycles. The van der Waals surface area contributed by atoms with E-state index in [-0.39, 0.29) is 18.1 Å². The molecule has 1 aromatic carbocycles. The Labute approximate surface area is 114 Å². The minimum Gasteiger partial charge on any atom is -0.392 e. The first kappa shape index (κ1) is 13.9. The second-order valence-electron chi connectivity index (χ2n) is 5.35. The van der Waals surface area contributed by atoms with Crippen molar-refractivity contribution in [2.45, 2.75) is 45.5 Å². The Hall–Kier alpha value is -0.570. The first-order valence-corrected chi connectivity index (χ1v) is 6.95. The van der Waals surface area contributed by atoms with E-state index in [1.807, 2.05) is 31.2 Å². The third-order valence-corrected chi connectivity index (χ3v) is 4.52. The fourth-order valence-electron chi connectivity index (χ4n) is 2.98. The molecule has 1 aromatic rings. The van der Waals surface area contributed by atoms with Gasteiger partial charge in [0.2, 0.25) is 0 Å². The van der Waals surface area contributed by atoms with Crippen LogP contribution in [0, 0.1) is 11.8 Å². The summed E-state index contributed by atoms with van der Waals surface area (Å²) in [5, 5.41) is 11.2. The Morgan fingerprint density at radius 2 is 1.89 bits per heavy atom. The zero-order chi connectivity index (χ0) is 13.3. The summed E-state index contributed by atoms with van der Waals surface area (Å²) in [4.78, 5) is 0. The standard InChI is InChI=1S/C15H21ClO2/c1-9-10(2)18-11(3)15(9)14(17)8-12-6-4-5-7-13(12)16/h4-7,9-11,14-15,17H,8H2,1-3H3. The fraction of sp³-hybridized carbons (Fsp3) is 0.600. The van der Waals surface area contributed by atoms with Crippen LogP contribution in [0.1, 0.15) is 26.3 Å². The minimum absolute atomic E-state index is 0.104. The van der Waals surface area contributed by atoms with Crippen molar-refractivity contribution in [2.24, 2.45) is 11.8 Å². The molecular weight excluding hydrogens is 248 g/mol. The first-order chi connectivity index (χ1) is 8.50. The molecule has 1 N–H and O–H groups in total. The molecule has 1 saturated heterocycles. The van der Waals surface area contributed by atoms with Gasteiger partial charge in [0.15, 0.2) is 0 Å². The third kappa shape index (κ3) is 2.71. The highest BCUT2D eigenvalue weighted by Gasteiger charge is 2.41. The van der Waals surface area contributed by atoms with E-state index in [2.05, 4.69) is 13.8 Å². The van der Waals surface area contributed by atoms with E-state index in [9.17, 15) is 5.11 Å². The molecule has 5 atom stereocenters. The van der Waals surface area contributed by atoms with Crippen molar-refractivity contribution < 1.29 is 9.84 Å². The van der Waals surface area contributed by atoms with E-state index < -0.39 is 6.10 Å². The van der Waals surface area contributed by atoms with Gasteiger partial charge in [0.05, 0.1) is 18.3 Å². The SMILES string of the molecule is CC1OC(C)C(C(O)Cc2ccccc2Cl)C1C. The van der Waals surface area contributed by atoms with E-state index in [4.69, 9.17) is 16.3 Å². The number of rotatable bonds is 3. The molecule has 0 bridgehead atoms. The van der Waals surface area contributed by atoms with E-state index in [0.717, 1.165) is 10.6 Å². The molecule has 0 amide bonds. The monoisotopic (exact) mass is 268 g/mol. The van der Waals surface area contributed by atoms with Gasteiger partial charge in [0.1, 0.15) is 0 Å². The van der Waals surface area contributed by atoms with E-state index in [0.29, 0.717) is 12.3 Å². The molecule has 0 saturated carbocycles. The zero-order valence-corrected chi connectivity index (χ0v) is 11.9. The number of hydrogen-bond acceptors (Lipinski definition) is 2. The maximum absolute atomic E-state index is 10.4. The highest BCUT2D eigenvalue weighted by Crippen LogP contribution is 2.35. The van der Waals surface area contributed by atoms with Crippen molar-refractivity contribution in [3.63, 3.8) is 0 Å². The number of aliphatic hydroxyl groups is 1. The van der Waals surface area contributed by atoms with Crippen molar-refractivity contribution in [3.05, 3.63) is 34.9 Å². The number of aliphatic hydroxyl groups excluding tert-OH is 1. The van der Waals surface area contributed by atoms with Gasteiger partial charge in [-0.15, -0.1) is 0 Å². The van der Waals surface area contributed by atoms with Crippen LogP contribution >= 0.6 is 11.6 Å². The molecule has 1 aliphatic rings. The summed E-state index contributed by atoms with van der Waals surface area (Å²) in [5.41, 5.74) is 1.01. The molecule has 1 heterocycles. The predicted octanol–water partition coefficient (Wildman–Crippen LogP) is 3.30. The van der Waals surface area contributed by atoms with Crippen LogP contribution in [0.25, 0.3) is 0 Å². The molecule has 18 heavy (non-hydrogen) atoms. The molecule has 0 radical (unpaired) electrons. The van der Waals surface area contributed by atoms with E-state index in [1.54, 1.807) is 0 Å². The zero-order valence-electron chi connectivity index (χ0n) is 11.1. The maximum atomic E-state index is 10.4. The molecule has 3 heteroatoms. The highest BCUT2D eigenvalue weighted by molar-refractivity contribution is 6.31. The number of halogens is 1. The fourth-order valence-corrected chi connectivity index (χ4v) is 3.20. The lowest BCUT2D eigenvalue weighted by Crippen LogP contribution is -2.32. The minimum atomic E-state index is -0.403. The molecule has 1 fully saturated rings. The highest BCUT2D eigenvalue weighted by atomic mass is 35.5. The van der Waals surface area contributed by atoms with Gasteiger partial charge in [0, 0.05) is 17.4 Å². The van der Waals surface area contributed by atoms with Gasteiger partial charge in [-0.2, -0.15) is 0 Å². The average molecular weight is 269 g/mol. The van der Waals surface area contributed by atoms with Gasteiger partial charge in [-0.3, -0.25) is 0 Å². The Kier molecular flexibility index (Phi) is 4.31. The molecule has 0 spiro atoms. The Balaban J connectivity index is 2.08. The quantitative estimate of drug-likeness (QED) is 0.911. The van der Waals surface area contributed by atoms with Crippen LogP contribution in [0.2, 0.25) is 5.02 Å². The Morgan fingerprint density at radius 3 is 2.44 bits per heavy atom. The Bertz CT molecular complexity index is 407. The van der Waals surface area contributed by atoms with E-state index >= 15 is 0 Å². The third-order valence-electron chi connectivity index (χ3n) is 4.15. The smallest absolute Gasteiger partial charge is 0.0637 e. The van der Waals surface area contributed by atoms with Crippen LogP contribution < -0.4 is 0 Å². The topological polar surface area (TPSA) is 29.5 Å². The number of hydrogen-bond donors (Lipinski definition) is 1. The largest absolute Gasteiger partial charge is 0.392 e. The molecule has 0 aromatic heterocycles. The van der Waals surface area contributed by atoms with Crippen LogP contribution in [-0.2, 0) is 11.2 Å². The van der Waals surface area contributed by atoms with Crippen molar-refractivity contribution in [1.82, 2.24) is 0 Å². The normalized spacial score (nSPS) is 33.6. The number of ether oxygens (including phenoxy) is 1. The molecule has 2 nitrogen and oxygen atoms in total. The molecule has 2 rings (SSSR count). The summed E-state index contributed by atoms with van der Waals surface area (Å²) in [6.07, 6.45) is 0.507. The average Bonchev–Trinajstić information content (AvgIpc) is 2.56. The molecule has 100 valence electrons. The van der Waals surface area contributed by atoms with Crippen LogP contribution in [0.3, 0.4) is 0 Å². The predicted molar refractivity (Wildman–Crippen MR) is 73.8 cm³/mol. The van der Waals surface area contributed by atoms with Crippen LogP contribution in [0.4, 0.5) is 0 Å². The van der Waals surface area contributed by atoms with Gasteiger partial charge in [-0.25, -0.2) is 0 Å². The van der Waals surface area contributed by atoms with Crippen molar-refractivity contribution in [2.75, 3.05) is 0 Å². The van der Waals surface area contributed by atoms with Gasteiger partial charge in [-0.05, 0) is 31.4 Å². The number of benzene rings is 1. The van der Waals surface area contributed by atoms with Crippen LogP contribution in [0.15, 0.2) is 24.3 Å². The maximum Gasteiger partial charge on any atom is 0.0637 e. The van der Waals surface area contributed by atoms with Gasteiger partial charge in [0.25, 0.3) is 0 Å². The lowest BCUT2D eigenvalue weighted by molar-refractivity contribution is 0.0240. The molecule has 5 unspecified atom stereocenters. The summed E-state index contributed by atoms with van der Waals surface area (Å²) in [5.74, 6) is 0.550. The summed E-state index contributed by atoms with van der Waals surface area (Å²) < 4.78 is 5.78. The van der Waals surface area contributed by atoms with E-state index in [1.165, 1.54) is 0 Å². The second kappa shape index (κ2) is 5.60. The van der Waals surface area contributed by atoms with Gasteiger partial charge < -0.3 is 9.84 Å². The summed E-state index contributed by atoms with van der Waals surface area (Å²) in [7, 11) is 0. The molecule has 0 aliphatic carbocycles. The summed E-state index contributed by atoms with van der Waals surface area (Å²) in [6.45, 7) is 6.26. The molecular formula is C15H21ClO2. The lowest BCUT2D eigenvalue weighted by atomic mass is 9.83. The summed E-state index contributed by atoms with van der Waals surface area (Å²) >= 11 is 6.13. The van der Waals surface area contributed by atoms with Crippen molar-refractivity contribution >= 4 is 11.6 Å². The van der Waals surface area contributed by atoms with Crippen LogP contribution in [0.5, 0.6) is 0 Å². The van der Waals surface area contributed by atoms with Crippen molar-refractivity contribution in [3.8, 4) is 0 Å². The van der Waals surface area contributed by atoms with Gasteiger partial charge in [-0.1, -0.05) is 36.7 Å². The van der Waals surface area contributed by atoms with Crippen molar-refractivity contribution in [1.29, 1.82) is 0 Å². The lowest BCUT2D eigenvalue weighted by Gasteiger charge is -2.25.